The van der Waals surface area contributed by atoms with E-state index < -0.39 is 0 Å². The van der Waals surface area contributed by atoms with Crippen molar-refractivity contribution in [2.24, 2.45) is 0 Å². The second kappa shape index (κ2) is 7.52. The maximum Gasteiger partial charge on any atom is 0.255 e. The second-order valence-electron chi connectivity index (χ2n) is 6.14. The average Bonchev–Trinajstić information content (AvgIpc) is 2.60. The van der Waals surface area contributed by atoms with Gasteiger partial charge in [0, 0.05) is 37.4 Å². The summed E-state index contributed by atoms with van der Waals surface area (Å²) in [6.45, 7) is 4.06. The first kappa shape index (κ1) is 17.9. The van der Waals surface area contributed by atoms with Gasteiger partial charge in [0.05, 0.1) is 21.4 Å². The third kappa shape index (κ3) is 4.18. The standard InChI is InChI=1S/C18H20Cl2N4O/c1-23-6-8-24(9-7-23)13-4-2-12(3-5-13)18(25)22-17-11-15(20)14(19)10-16(17)21/h2-5,10-11H,6-9,21H2,1H3,(H,22,25). The van der Waals surface area contributed by atoms with Crippen LogP contribution in [-0.2, 0) is 0 Å². The van der Waals surface area contributed by atoms with Crippen molar-refractivity contribution in [1.29, 1.82) is 0 Å². The molecule has 1 saturated heterocycles. The summed E-state index contributed by atoms with van der Waals surface area (Å²) in [6, 6.07) is 10.6. The molecule has 5 nitrogen and oxygen atoms in total. The minimum Gasteiger partial charge on any atom is -0.397 e. The molecule has 0 unspecified atom stereocenters. The normalized spacial score (nSPS) is 15.2. The average molecular weight is 379 g/mol. The number of halogens is 2. The fourth-order valence-corrected chi connectivity index (χ4v) is 3.09. The zero-order valence-electron chi connectivity index (χ0n) is 13.9. The zero-order chi connectivity index (χ0) is 18.0. The van der Waals surface area contributed by atoms with Gasteiger partial charge in [0.2, 0.25) is 0 Å². The molecule has 2 aromatic carbocycles. The molecule has 1 fully saturated rings. The van der Waals surface area contributed by atoms with Gasteiger partial charge < -0.3 is 20.9 Å². The van der Waals surface area contributed by atoms with Crippen molar-refractivity contribution in [3.05, 3.63) is 52.0 Å². The van der Waals surface area contributed by atoms with Crippen LogP contribution in [0.1, 0.15) is 10.4 Å². The topological polar surface area (TPSA) is 61.6 Å². The van der Waals surface area contributed by atoms with Crippen LogP contribution in [0.25, 0.3) is 0 Å². The molecule has 0 aromatic heterocycles. The molecule has 0 atom stereocenters. The SMILES string of the molecule is CN1CCN(c2ccc(C(=O)Nc3cc(Cl)c(Cl)cc3N)cc2)CC1. The van der Waals surface area contributed by atoms with Gasteiger partial charge in [-0.1, -0.05) is 23.2 Å². The largest absolute Gasteiger partial charge is 0.397 e. The smallest absolute Gasteiger partial charge is 0.255 e. The Labute approximate surface area is 157 Å². The summed E-state index contributed by atoms with van der Waals surface area (Å²) >= 11 is 11.9. The summed E-state index contributed by atoms with van der Waals surface area (Å²) in [5.41, 5.74) is 8.38. The minimum absolute atomic E-state index is 0.241. The van der Waals surface area contributed by atoms with Gasteiger partial charge in [0.1, 0.15) is 0 Å². The molecule has 3 rings (SSSR count). The molecule has 1 aliphatic heterocycles. The number of hydrogen-bond acceptors (Lipinski definition) is 4. The molecule has 2 aromatic rings. The summed E-state index contributed by atoms with van der Waals surface area (Å²) < 4.78 is 0. The van der Waals surface area contributed by atoms with E-state index in [2.05, 4.69) is 22.2 Å². The van der Waals surface area contributed by atoms with Gasteiger partial charge in [-0.15, -0.1) is 0 Å². The van der Waals surface area contributed by atoms with Gasteiger partial charge in [-0.05, 0) is 43.4 Å². The predicted octanol–water partition coefficient (Wildman–Crippen LogP) is 3.58. The second-order valence-corrected chi connectivity index (χ2v) is 6.96. The lowest BCUT2D eigenvalue weighted by molar-refractivity contribution is 0.102. The van der Waals surface area contributed by atoms with Crippen molar-refractivity contribution >= 4 is 46.2 Å². The van der Waals surface area contributed by atoms with Crippen LogP contribution in [0.3, 0.4) is 0 Å². The first-order valence-corrected chi connectivity index (χ1v) is 8.79. The predicted molar refractivity (Wildman–Crippen MR) is 105 cm³/mol. The van der Waals surface area contributed by atoms with E-state index in [1.54, 1.807) is 6.07 Å². The summed E-state index contributed by atoms with van der Waals surface area (Å²) in [7, 11) is 2.12. The summed E-state index contributed by atoms with van der Waals surface area (Å²) in [4.78, 5) is 17.1. The lowest BCUT2D eigenvalue weighted by Crippen LogP contribution is -2.44. The Morgan fingerprint density at radius 3 is 2.28 bits per heavy atom. The van der Waals surface area contributed by atoms with E-state index in [4.69, 9.17) is 28.9 Å². The molecule has 1 amide bonds. The van der Waals surface area contributed by atoms with Gasteiger partial charge in [0.15, 0.2) is 0 Å². The molecule has 25 heavy (non-hydrogen) atoms. The monoisotopic (exact) mass is 378 g/mol. The molecular formula is C18H20Cl2N4O. The number of likely N-dealkylation sites (N-methyl/N-ethyl adjacent to an activating group) is 1. The number of anilines is 3. The highest BCUT2D eigenvalue weighted by Crippen LogP contribution is 2.31. The van der Waals surface area contributed by atoms with Crippen LogP contribution in [0, 0.1) is 0 Å². The Hall–Kier alpha value is -1.95. The summed E-state index contributed by atoms with van der Waals surface area (Å²) in [6.07, 6.45) is 0. The molecule has 0 radical (unpaired) electrons. The van der Waals surface area contributed by atoms with Crippen LogP contribution in [-0.4, -0.2) is 44.0 Å². The number of carbonyl (C=O) groups excluding carboxylic acids is 1. The molecule has 1 heterocycles. The number of nitrogens with zero attached hydrogens (tertiary/aromatic N) is 2. The van der Waals surface area contributed by atoms with Crippen molar-refractivity contribution in [1.82, 2.24) is 4.90 Å². The van der Waals surface area contributed by atoms with E-state index in [0.29, 0.717) is 27.0 Å². The number of nitrogens with two attached hydrogens (primary N) is 1. The molecule has 0 bridgehead atoms. The number of carbonyl (C=O) groups is 1. The number of amides is 1. The Morgan fingerprint density at radius 2 is 1.64 bits per heavy atom. The third-order valence-electron chi connectivity index (χ3n) is 4.34. The first-order chi connectivity index (χ1) is 11.9. The highest BCUT2D eigenvalue weighted by molar-refractivity contribution is 6.42. The molecule has 3 N–H and O–H groups in total. The minimum atomic E-state index is -0.241. The highest BCUT2D eigenvalue weighted by Gasteiger charge is 2.15. The van der Waals surface area contributed by atoms with Gasteiger partial charge in [0.25, 0.3) is 5.91 Å². The molecule has 132 valence electrons. The van der Waals surface area contributed by atoms with E-state index >= 15 is 0 Å². The van der Waals surface area contributed by atoms with E-state index in [9.17, 15) is 4.79 Å². The third-order valence-corrected chi connectivity index (χ3v) is 5.06. The van der Waals surface area contributed by atoms with Gasteiger partial charge in [-0.3, -0.25) is 4.79 Å². The molecule has 7 heteroatoms. The Balaban J connectivity index is 1.70. The maximum absolute atomic E-state index is 12.4. The van der Waals surface area contributed by atoms with Gasteiger partial charge in [-0.25, -0.2) is 0 Å². The molecule has 0 aliphatic carbocycles. The number of nitrogens with one attached hydrogen (secondary N) is 1. The summed E-state index contributed by atoms with van der Waals surface area (Å²) in [5.74, 6) is -0.241. The van der Waals surface area contributed by atoms with Crippen molar-refractivity contribution < 1.29 is 4.79 Å². The zero-order valence-corrected chi connectivity index (χ0v) is 15.4. The molecule has 0 saturated carbocycles. The number of hydrogen-bond donors (Lipinski definition) is 2. The van der Waals surface area contributed by atoms with Crippen molar-refractivity contribution in [2.75, 3.05) is 49.2 Å². The Bertz CT molecular complexity index is 771. The van der Waals surface area contributed by atoms with Gasteiger partial charge >= 0.3 is 0 Å². The number of benzene rings is 2. The lowest BCUT2D eigenvalue weighted by Gasteiger charge is -2.34. The van der Waals surface area contributed by atoms with Crippen LogP contribution in [0.2, 0.25) is 10.0 Å². The number of piperazine rings is 1. The Kier molecular flexibility index (Phi) is 5.37. The van der Waals surface area contributed by atoms with E-state index in [-0.39, 0.29) is 5.91 Å². The number of rotatable bonds is 3. The summed E-state index contributed by atoms with van der Waals surface area (Å²) in [5, 5.41) is 3.47. The van der Waals surface area contributed by atoms with Crippen LogP contribution in [0.5, 0.6) is 0 Å². The van der Waals surface area contributed by atoms with E-state index in [0.717, 1.165) is 31.9 Å². The van der Waals surface area contributed by atoms with Crippen molar-refractivity contribution in [3.63, 3.8) is 0 Å². The van der Waals surface area contributed by atoms with Crippen LogP contribution in [0.4, 0.5) is 17.1 Å². The molecule has 0 spiro atoms. The van der Waals surface area contributed by atoms with Crippen LogP contribution >= 0.6 is 23.2 Å². The van der Waals surface area contributed by atoms with E-state index in [1.807, 2.05) is 24.3 Å². The highest BCUT2D eigenvalue weighted by atomic mass is 35.5. The molecule has 1 aliphatic rings. The van der Waals surface area contributed by atoms with Crippen molar-refractivity contribution in [3.8, 4) is 0 Å². The lowest BCUT2D eigenvalue weighted by atomic mass is 10.1. The maximum atomic E-state index is 12.4. The fourth-order valence-electron chi connectivity index (χ4n) is 2.75. The van der Waals surface area contributed by atoms with Crippen molar-refractivity contribution in [2.45, 2.75) is 0 Å². The molecular weight excluding hydrogens is 359 g/mol. The van der Waals surface area contributed by atoms with Gasteiger partial charge in [-0.2, -0.15) is 0 Å². The fraction of sp³-hybridized carbons (Fsp3) is 0.278. The van der Waals surface area contributed by atoms with Crippen LogP contribution < -0.4 is 16.0 Å². The van der Waals surface area contributed by atoms with Crippen LogP contribution in [0.15, 0.2) is 36.4 Å². The Morgan fingerprint density at radius 1 is 1.04 bits per heavy atom. The number of nitrogen functional groups attached to an aromatic ring is 1. The first-order valence-electron chi connectivity index (χ1n) is 8.03. The quantitative estimate of drug-likeness (QED) is 0.801. The van der Waals surface area contributed by atoms with E-state index in [1.165, 1.54) is 6.07 Å².